The van der Waals surface area contributed by atoms with Crippen molar-refractivity contribution in [1.29, 1.82) is 0 Å². The molecule has 38 heavy (non-hydrogen) atoms. The van der Waals surface area contributed by atoms with E-state index in [0.29, 0.717) is 35.4 Å². The SMILES string of the molecule is COc1ccc(CCNC(=O)Cn2c(=O)n(-c3ccc(F)cc3)c(=O)c3oc4ccccc4c32)cc1OC. The number of hydrogen-bond acceptors (Lipinski definition) is 6. The van der Waals surface area contributed by atoms with E-state index in [1.165, 1.54) is 16.7 Å². The number of furan rings is 1. The molecule has 0 aliphatic carbocycles. The molecular weight excluding hydrogens is 493 g/mol. The summed E-state index contributed by atoms with van der Waals surface area (Å²) < 4.78 is 32.0. The summed E-state index contributed by atoms with van der Waals surface area (Å²) in [5.74, 6) is 0.247. The lowest BCUT2D eigenvalue weighted by Gasteiger charge is -2.13. The highest BCUT2D eigenvalue weighted by molar-refractivity contribution is 6.02. The van der Waals surface area contributed by atoms with Crippen LogP contribution < -0.4 is 26.0 Å². The van der Waals surface area contributed by atoms with E-state index in [1.54, 1.807) is 44.6 Å². The van der Waals surface area contributed by atoms with Gasteiger partial charge in [-0.1, -0.05) is 18.2 Å². The second kappa shape index (κ2) is 10.3. The summed E-state index contributed by atoms with van der Waals surface area (Å²) in [5, 5.41) is 3.35. The van der Waals surface area contributed by atoms with Gasteiger partial charge in [0.15, 0.2) is 11.5 Å². The molecule has 0 saturated carbocycles. The minimum Gasteiger partial charge on any atom is -0.493 e. The third-order valence-corrected chi connectivity index (χ3v) is 6.23. The Morgan fingerprint density at radius 1 is 0.974 bits per heavy atom. The Hall–Kier alpha value is -4.86. The van der Waals surface area contributed by atoms with Crippen molar-refractivity contribution in [3.8, 4) is 17.2 Å². The molecule has 2 heterocycles. The first kappa shape index (κ1) is 24.8. The van der Waals surface area contributed by atoms with Gasteiger partial charge < -0.3 is 19.2 Å². The van der Waals surface area contributed by atoms with Gasteiger partial charge in [-0.05, 0) is 60.5 Å². The van der Waals surface area contributed by atoms with Gasteiger partial charge in [0.1, 0.15) is 23.5 Å². The number of rotatable bonds is 8. The molecule has 9 nitrogen and oxygen atoms in total. The zero-order chi connectivity index (χ0) is 26.8. The van der Waals surface area contributed by atoms with Gasteiger partial charge in [-0.25, -0.2) is 13.8 Å². The molecule has 0 unspecified atom stereocenters. The highest BCUT2D eigenvalue weighted by Gasteiger charge is 2.22. The van der Waals surface area contributed by atoms with Crippen molar-refractivity contribution >= 4 is 28.0 Å². The molecule has 0 fully saturated rings. The van der Waals surface area contributed by atoms with Gasteiger partial charge >= 0.3 is 11.2 Å². The van der Waals surface area contributed by atoms with Gasteiger partial charge in [-0.15, -0.1) is 0 Å². The number of halogens is 1. The van der Waals surface area contributed by atoms with E-state index in [-0.39, 0.29) is 23.3 Å². The topological polar surface area (TPSA) is 105 Å². The molecule has 0 bridgehead atoms. The molecule has 10 heteroatoms. The highest BCUT2D eigenvalue weighted by Crippen LogP contribution is 2.28. The maximum Gasteiger partial charge on any atom is 0.336 e. The Morgan fingerprint density at radius 2 is 1.71 bits per heavy atom. The number of carbonyl (C=O) groups excluding carboxylic acids is 1. The number of carbonyl (C=O) groups is 1. The lowest BCUT2D eigenvalue weighted by atomic mass is 10.1. The van der Waals surface area contributed by atoms with Crippen molar-refractivity contribution in [2.24, 2.45) is 0 Å². The van der Waals surface area contributed by atoms with E-state index >= 15 is 0 Å². The fourth-order valence-corrected chi connectivity index (χ4v) is 4.40. The number of hydrogen-bond donors (Lipinski definition) is 1. The van der Waals surface area contributed by atoms with E-state index in [1.807, 2.05) is 12.1 Å². The van der Waals surface area contributed by atoms with Crippen LogP contribution in [0.3, 0.4) is 0 Å². The number of fused-ring (bicyclic) bond motifs is 3. The van der Waals surface area contributed by atoms with Crippen LogP contribution in [0.5, 0.6) is 11.5 Å². The Kier molecular flexibility index (Phi) is 6.69. The summed E-state index contributed by atoms with van der Waals surface area (Å²) >= 11 is 0. The fourth-order valence-electron chi connectivity index (χ4n) is 4.40. The predicted molar refractivity (Wildman–Crippen MR) is 140 cm³/mol. The van der Waals surface area contributed by atoms with Gasteiger partial charge in [-0.3, -0.25) is 14.2 Å². The lowest BCUT2D eigenvalue weighted by Crippen LogP contribution is -2.41. The number of amides is 1. The molecular formula is C28H24FN3O6. The first-order chi connectivity index (χ1) is 18.4. The van der Waals surface area contributed by atoms with Gasteiger partial charge in [0.25, 0.3) is 0 Å². The van der Waals surface area contributed by atoms with E-state index in [4.69, 9.17) is 13.9 Å². The van der Waals surface area contributed by atoms with E-state index < -0.39 is 23.0 Å². The lowest BCUT2D eigenvalue weighted by molar-refractivity contribution is -0.121. The van der Waals surface area contributed by atoms with Gasteiger partial charge in [-0.2, -0.15) is 0 Å². The quantitative estimate of drug-likeness (QED) is 0.338. The number of benzene rings is 3. The molecule has 2 aromatic heterocycles. The summed E-state index contributed by atoms with van der Waals surface area (Å²) in [4.78, 5) is 39.9. The Balaban J connectivity index is 1.48. The fraction of sp³-hybridized carbons (Fsp3) is 0.179. The Morgan fingerprint density at radius 3 is 2.45 bits per heavy atom. The first-order valence-corrected chi connectivity index (χ1v) is 11.8. The maximum atomic E-state index is 13.6. The number of nitrogens with one attached hydrogen (secondary N) is 1. The van der Waals surface area contributed by atoms with Crippen molar-refractivity contribution in [2.75, 3.05) is 20.8 Å². The minimum atomic E-state index is -0.740. The molecule has 0 aliphatic heterocycles. The second-order valence-electron chi connectivity index (χ2n) is 8.55. The van der Waals surface area contributed by atoms with Crippen LogP contribution in [0.4, 0.5) is 4.39 Å². The van der Waals surface area contributed by atoms with Crippen LogP contribution in [0.15, 0.2) is 80.7 Å². The number of nitrogens with zero attached hydrogens (tertiary/aromatic N) is 2. The van der Waals surface area contributed by atoms with Crippen LogP contribution in [0.25, 0.3) is 27.8 Å². The van der Waals surface area contributed by atoms with Crippen molar-refractivity contribution in [3.63, 3.8) is 0 Å². The molecule has 1 amide bonds. The maximum absolute atomic E-state index is 13.6. The van der Waals surface area contributed by atoms with Crippen molar-refractivity contribution in [3.05, 3.63) is 98.9 Å². The van der Waals surface area contributed by atoms with E-state index in [0.717, 1.165) is 22.3 Å². The number of ether oxygens (including phenoxy) is 2. The third kappa shape index (κ3) is 4.52. The molecule has 5 rings (SSSR count). The zero-order valence-corrected chi connectivity index (χ0v) is 20.7. The van der Waals surface area contributed by atoms with Gasteiger partial charge in [0, 0.05) is 11.9 Å². The molecule has 3 aromatic carbocycles. The minimum absolute atomic E-state index is 0.0757. The van der Waals surface area contributed by atoms with Crippen LogP contribution in [-0.4, -0.2) is 35.8 Å². The molecule has 0 spiro atoms. The third-order valence-electron chi connectivity index (χ3n) is 6.23. The first-order valence-electron chi connectivity index (χ1n) is 11.8. The van der Waals surface area contributed by atoms with Crippen LogP contribution in [0.2, 0.25) is 0 Å². The Bertz CT molecular complexity index is 1770. The summed E-state index contributed by atoms with van der Waals surface area (Å²) in [5.41, 5.74) is 0.198. The number of methoxy groups -OCH3 is 2. The largest absolute Gasteiger partial charge is 0.493 e. The molecule has 5 aromatic rings. The number of aromatic nitrogens is 2. The highest BCUT2D eigenvalue weighted by atomic mass is 19.1. The van der Waals surface area contributed by atoms with Crippen LogP contribution in [0.1, 0.15) is 5.56 Å². The predicted octanol–water partition coefficient (Wildman–Crippen LogP) is 3.41. The van der Waals surface area contributed by atoms with E-state index in [2.05, 4.69) is 5.32 Å². The standard InChI is InChI=1S/C28H24FN3O6/c1-36-22-12-7-17(15-23(22)37-2)13-14-30-24(33)16-31-25-20-5-3-4-6-21(20)38-26(25)27(34)32(28(31)35)19-10-8-18(29)9-11-19/h3-12,15H,13-14,16H2,1-2H3,(H,30,33). The molecule has 0 radical (unpaired) electrons. The summed E-state index contributed by atoms with van der Waals surface area (Å²) in [7, 11) is 3.10. The van der Waals surface area contributed by atoms with Crippen LogP contribution >= 0.6 is 0 Å². The summed E-state index contributed by atoms with van der Waals surface area (Å²) in [6.07, 6.45) is 0.514. The summed E-state index contributed by atoms with van der Waals surface area (Å²) in [6.45, 7) is -0.0534. The zero-order valence-electron chi connectivity index (χ0n) is 20.7. The smallest absolute Gasteiger partial charge is 0.336 e. The van der Waals surface area contributed by atoms with Crippen molar-refractivity contribution < 1.29 is 23.1 Å². The second-order valence-corrected chi connectivity index (χ2v) is 8.55. The average Bonchev–Trinajstić information content (AvgIpc) is 3.32. The van der Waals surface area contributed by atoms with Crippen LogP contribution in [-0.2, 0) is 17.8 Å². The average molecular weight is 518 g/mol. The van der Waals surface area contributed by atoms with Gasteiger partial charge in [0.05, 0.1) is 19.9 Å². The normalized spacial score (nSPS) is 11.1. The van der Waals surface area contributed by atoms with Crippen molar-refractivity contribution in [2.45, 2.75) is 13.0 Å². The molecule has 0 saturated heterocycles. The van der Waals surface area contributed by atoms with Gasteiger partial charge in [0.2, 0.25) is 11.5 Å². The molecule has 0 atom stereocenters. The Labute approximate surface area is 215 Å². The molecule has 0 aliphatic rings. The number of para-hydroxylation sites is 1. The summed E-state index contributed by atoms with van der Waals surface area (Å²) in [6, 6.07) is 17.3. The molecule has 194 valence electrons. The monoisotopic (exact) mass is 517 g/mol. The van der Waals surface area contributed by atoms with Crippen molar-refractivity contribution in [1.82, 2.24) is 14.5 Å². The molecule has 1 N–H and O–H groups in total. The van der Waals surface area contributed by atoms with Crippen LogP contribution in [0, 0.1) is 5.82 Å². The van der Waals surface area contributed by atoms with E-state index in [9.17, 15) is 18.8 Å².